The first-order valence-electron chi connectivity index (χ1n) is 12.8. The number of carbonyl (C=O) groups is 1. The molecule has 0 saturated carbocycles. The fourth-order valence-electron chi connectivity index (χ4n) is 4.70. The first-order valence-corrected chi connectivity index (χ1v) is 13.5. The van der Waals surface area contributed by atoms with E-state index in [4.69, 9.17) is 0 Å². The number of halogens is 4. The maximum absolute atomic E-state index is 13.7. The van der Waals surface area contributed by atoms with Gasteiger partial charge in [-0.1, -0.05) is 4.58 Å². The van der Waals surface area contributed by atoms with Crippen LogP contribution in [0.5, 0.6) is 0 Å². The minimum atomic E-state index is -4.63. The molecule has 41 heavy (non-hydrogen) atoms. The Hall–Kier alpha value is -3.66. The van der Waals surface area contributed by atoms with E-state index < -0.39 is 29.3 Å². The van der Waals surface area contributed by atoms with Crippen LogP contribution in [0.3, 0.4) is 0 Å². The molecule has 1 N–H and O–H groups in total. The lowest BCUT2D eigenvalue weighted by Crippen LogP contribution is -2.39. The molecule has 15 heteroatoms. The SMILES string of the molecule is Cn1ncc(SN(O)N2CCCc3cnn(-c4ccc(F)cc4)c3CC(C(=O)c3cc(C(F)(F)F)ccn3)CC2)n1. The summed E-state index contributed by atoms with van der Waals surface area (Å²) >= 11 is 0.949. The highest BCUT2D eigenvalue weighted by atomic mass is 32.2. The number of aryl methyl sites for hydroxylation is 2. The number of fused-ring (bicyclic) bond motifs is 1. The van der Waals surface area contributed by atoms with Crippen LogP contribution in [-0.4, -0.2) is 63.4 Å². The Bertz CT molecular complexity index is 1510. The van der Waals surface area contributed by atoms with Crippen LogP contribution in [0.1, 0.15) is 40.2 Å². The van der Waals surface area contributed by atoms with Crippen molar-refractivity contribution in [2.45, 2.75) is 36.9 Å². The summed E-state index contributed by atoms with van der Waals surface area (Å²) in [6.45, 7) is 0.632. The molecule has 1 aliphatic rings. The van der Waals surface area contributed by atoms with E-state index in [1.165, 1.54) is 23.1 Å². The number of hydrogen-bond acceptors (Lipinski definition) is 9. The standard InChI is InChI=1S/C26H26F4N8O2S/c1-35-32-16-24(34-35)41-38(40)36-11-2-3-18-15-33-37(21-6-4-20(27)5-7-21)23(18)13-17(9-12-36)25(39)22-14-19(8-10-31-22)26(28,29)30/h4-8,10,14-17,40H,2-3,9,11-13H2,1H3. The van der Waals surface area contributed by atoms with Gasteiger partial charge in [0.1, 0.15) is 11.5 Å². The average Bonchev–Trinajstić information content (AvgIpc) is 3.54. The van der Waals surface area contributed by atoms with E-state index in [2.05, 4.69) is 20.3 Å². The first kappa shape index (κ1) is 28.9. The summed E-state index contributed by atoms with van der Waals surface area (Å²) < 4.78 is 56.4. The monoisotopic (exact) mass is 590 g/mol. The second-order valence-corrected chi connectivity index (χ2v) is 10.5. The fourth-order valence-corrected chi connectivity index (χ4v) is 5.39. The largest absolute Gasteiger partial charge is 0.416 e. The summed E-state index contributed by atoms with van der Waals surface area (Å²) in [6, 6.07) is 7.34. The second kappa shape index (κ2) is 12.1. The fraction of sp³-hybridized carbons (Fsp3) is 0.346. The van der Waals surface area contributed by atoms with Crippen molar-refractivity contribution in [1.29, 1.82) is 0 Å². The van der Waals surface area contributed by atoms with Crippen LogP contribution in [0.15, 0.2) is 60.0 Å². The summed E-state index contributed by atoms with van der Waals surface area (Å²) in [5, 5.41) is 25.6. The zero-order valence-corrected chi connectivity index (χ0v) is 22.7. The number of Topliss-reactive ketones (excluding diaryl/α,β-unsaturated/α-hetero) is 1. The molecular formula is C26H26F4N8O2S. The molecule has 1 unspecified atom stereocenters. The van der Waals surface area contributed by atoms with Crippen molar-refractivity contribution in [2.75, 3.05) is 13.1 Å². The molecule has 216 valence electrons. The third-order valence-corrected chi connectivity index (χ3v) is 7.54. The minimum absolute atomic E-state index is 0.153. The average molecular weight is 591 g/mol. The molecule has 0 amide bonds. The normalized spacial score (nSPS) is 17.0. The van der Waals surface area contributed by atoms with Gasteiger partial charge in [-0.15, -0.1) is 5.10 Å². The highest BCUT2D eigenvalue weighted by molar-refractivity contribution is 7.96. The minimum Gasteiger partial charge on any atom is -0.292 e. The molecule has 4 heterocycles. The van der Waals surface area contributed by atoms with Crippen molar-refractivity contribution < 1.29 is 27.6 Å². The van der Waals surface area contributed by atoms with E-state index in [1.807, 2.05) is 0 Å². The lowest BCUT2D eigenvalue weighted by Gasteiger charge is -2.30. The molecule has 0 saturated heterocycles. The summed E-state index contributed by atoms with van der Waals surface area (Å²) in [5.74, 6) is -1.76. The van der Waals surface area contributed by atoms with Crippen molar-refractivity contribution in [3.63, 3.8) is 0 Å². The maximum atomic E-state index is 13.7. The number of ketones is 1. The highest BCUT2D eigenvalue weighted by Crippen LogP contribution is 2.31. The number of nitrogens with zero attached hydrogens (tertiary/aromatic N) is 8. The molecule has 5 rings (SSSR count). The van der Waals surface area contributed by atoms with Gasteiger partial charge in [-0.05, 0) is 61.2 Å². The van der Waals surface area contributed by atoms with Crippen LogP contribution in [-0.2, 0) is 26.1 Å². The van der Waals surface area contributed by atoms with Gasteiger partial charge in [0, 0.05) is 56.3 Å². The Morgan fingerprint density at radius 2 is 1.90 bits per heavy atom. The van der Waals surface area contributed by atoms with Crippen molar-refractivity contribution in [3.05, 3.63) is 83.3 Å². The van der Waals surface area contributed by atoms with E-state index in [-0.39, 0.29) is 25.1 Å². The van der Waals surface area contributed by atoms with Gasteiger partial charge in [0.15, 0.2) is 10.8 Å². The van der Waals surface area contributed by atoms with Crippen molar-refractivity contribution in [1.82, 2.24) is 39.3 Å². The van der Waals surface area contributed by atoms with Gasteiger partial charge in [0.05, 0.1) is 23.6 Å². The van der Waals surface area contributed by atoms with Gasteiger partial charge in [-0.2, -0.15) is 28.2 Å². The van der Waals surface area contributed by atoms with Crippen LogP contribution >= 0.6 is 11.9 Å². The molecule has 0 aliphatic carbocycles. The molecule has 1 aliphatic heterocycles. The Morgan fingerprint density at radius 1 is 1.12 bits per heavy atom. The number of carbonyl (C=O) groups excluding carboxylic acids is 1. The number of alkyl halides is 3. The first-order chi connectivity index (χ1) is 19.6. The lowest BCUT2D eigenvalue weighted by molar-refractivity contribution is -0.159. The van der Waals surface area contributed by atoms with Crippen LogP contribution in [0.25, 0.3) is 5.69 Å². The molecule has 10 nitrogen and oxygen atoms in total. The molecule has 1 atom stereocenters. The number of hydrazine groups is 1. The summed E-state index contributed by atoms with van der Waals surface area (Å²) in [4.78, 5) is 19.0. The maximum Gasteiger partial charge on any atom is 0.416 e. The molecule has 1 aromatic carbocycles. The van der Waals surface area contributed by atoms with E-state index in [9.17, 15) is 27.6 Å². The number of aromatic nitrogens is 6. The molecule has 0 radical (unpaired) electrons. The number of pyridine rings is 1. The van der Waals surface area contributed by atoms with Gasteiger partial charge in [0.2, 0.25) is 0 Å². The van der Waals surface area contributed by atoms with Crippen LogP contribution in [0.4, 0.5) is 17.6 Å². The Morgan fingerprint density at radius 3 is 2.61 bits per heavy atom. The third-order valence-electron chi connectivity index (χ3n) is 6.77. The quantitative estimate of drug-likeness (QED) is 0.150. The van der Waals surface area contributed by atoms with Gasteiger partial charge < -0.3 is 0 Å². The molecular weight excluding hydrogens is 564 g/mol. The lowest BCUT2D eigenvalue weighted by atomic mass is 9.89. The van der Waals surface area contributed by atoms with Crippen molar-refractivity contribution >= 4 is 17.7 Å². The number of hydrogen-bond donors (Lipinski definition) is 1. The summed E-state index contributed by atoms with van der Waals surface area (Å²) in [6.07, 6.45) is 1.06. The Kier molecular flexibility index (Phi) is 8.49. The topological polar surface area (TPSA) is 105 Å². The van der Waals surface area contributed by atoms with E-state index in [0.29, 0.717) is 35.8 Å². The Labute approximate surface area is 236 Å². The Balaban J connectivity index is 1.47. The number of rotatable bonds is 6. The van der Waals surface area contributed by atoms with Gasteiger partial charge in [-0.25, -0.2) is 14.1 Å². The van der Waals surface area contributed by atoms with Crippen molar-refractivity contribution in [3.8, 4) is 5.69 Å². The van der Waals surface area contributed by atoms with Gasteiger partial charge >= 0.3 is 6.18 Å². The third kappa shape index (κ3) is 6.81. The predicted octanol–water partition coefficient (Wildman–Crippen LogP) is 4.55. The van der Waals surface area contributed by atoms with Gasteiger partial charge in [-0.3, -0.25) is 15.0 Å². The zero-order chi connectivity index (χ0) is 29.1. The van der Waals surface area contributed by atoms with E-state index in [0.717, 1.165) is 40.4 Å². The molecule has 4 aromatic rings. The highest BCUT2D eigenvalue weighted by Gasteiger charge is 2.33. The van der Waals surface area contributed by atoms with Crippen LogP contribution in [0.2, 0.25) is 0 Å². The smallest absolute Gasteiger partial charge is 0.292 e. The predicted molar refractivity (Wildman–Crippen MR) is 139 cm³/mol. The molecule has 0 spiro atoms. The number of benzene rings is 1. The molecule has 0 bridgehead atoms. The molecule has 0 fully saturated rings. The molecule has 3 aromatic heterocycles. The van der Waals surface area contributed by atoms with Crippen LogP contribution in [0, 0.1) is 11.7 Å². The summed E-state index contributed by atoms with van der Waals surface area (Å²) in [5.41, 5.74) is 0.896. The van der Waals surface area contributed by atoms with Gasteiger partial charge in [0.25, 0.3) is 0 Å². The second-order valence-electron chi connectivity index (χ2n) is 9.56. The van der Waals surface area contributed by atoms with E-state index in [1.54, 1.807) is 35.1 Å². The van der Waals surface area contributed by atoms with Crippen LogP contribution < -0.4 is 0 Å². The zero-order valence-electron chi connectivity index (χ0n) is 21.9. The van der Waals surface area contributed by atoms with Crippen molar-refractivity contribution in [2.24, 2.45) is 13.0 Å². The van der Waals surface area contributed by atoms with E-state index >= 15 is 0 Å². The summed E-state index contributed by atoms with van der Waals surface area (Å²) in [7, 11) is 1.65.